The van der Waals surface area contributed by atoms with Gasteiger partial charge in [0.2, 0.25) is 5.91 Å². The number of nitrogens with one attached hydrogen (secondary N) is 1. The molecular weight excluding hydrogens is 360 g/mol. The van der Waals surface area contributed by atoms with Gasteiger partial charge in [-0.15, -0.1) is 0 Å². The first-order valence-electron chi connectivity index (χ1n) is 7.75. The second-order valence-electron chi connectivity index (χ2n) is 5.65. The fraction of sp³-hybridized carbons (Fsp3) is 0.167. The average molecular weight is 375 g/mol. The van der Waals surface area contributed by atoms with Crippen LogP contribution in [0.1, 0.15) is 6.92 Å². The number of halogens is 2. The van der Waals surface area contributed by atoms with E-state index < -0.39 is 22.8 Å². The predicted octanol–water partition coefficient (Wildman–Crippen LogP) is 3.33. The number of nitrogens with zero attached hydrogens (tertiary/aromatic N) is 2. The molecule has 1 atom stereocenters. The number of carbonyl (C=O) groups excluding carboxylic acids is 1. The van der Waals surface area contributed by atoms with Gasteiger partial charge >= 0.3 is 0 Å². The highest BCUT2D eigenvalue weighted by molar-refractivity contribution is 8.00. The van der Waals surface area contributed by atoms with Crippen molar-refractivity contribution in [2.24, 2.45) is 7.05 Å². The summed E-state index contributed by atoms with van der Waals surface area (Å²) in [6.07, 6.45) is 0. The highest BCUT2D eigenvalue weighted by atomic mass is 32.2. The molecular formula is C18H15F2N3O2S. The maximum absolute atomic E-state index is 13.2. The fourth-order valence-corrected chi connectivity index (χ4v) is 3.21. The Morgan fingerprint density at radius 2 is 1.92 bits per heavy atom. The summed E-state index contributed by atoms with van der Waals surface area (Å²) < 4.78 is 27.6. The van der Waals surface area contributed by atoms with Gasteiger partial charge in [0.1, 0.15) is 0 Å². The maximum atomic E-state index is 13.2. The number of amides is 1. The molecule has 1 aromatic heterocycles. The Labute approximate surface area is 152 Å². The van der Waals surface area contributed by atoms with Crippen molar-refractivity contribution in [3.63, 3.8) is 0 Å². The van der Waals surface area contributed by atoms with E-state index in [-0.39, 0.29) is 11.2 Å². The van der Waals surface area contributed by atoms with Gasteiger partial charge in [0, 0.05) is 18.8 Å². The maximum Gasteiger partial charge on any atom is 0.261 e. The SMILES string of the molecule is CC(Sc1nc2ccccc2c(=O)n1C)C(=O)Nc1ccc(F)c(F)c1. The lowest BCUT2D eigenvalue weighted by atomic mass is 10.2. The lowest BCUT2D eigenvalue weighted by molar-refractivity contribution is -0.115. The fourth-order valence-electron chi connectivity index (χ4n) is 2.33. The zero-order valence-corrected chi connectivity index (χ0v) is 14.8. The number of benzene rings is 2. The van der Waals surface area contributed by atoms with Crippen LogP contribution in [-0.4, -0.2) is 20.7 Å². The molecule has 0 saturated carbocycles. The van der Waals surface area contributed by atoms with Crippen molar-refractivity contribution in [1.82, 2.24) is 9.55 Å². The molecule has 0 saturated heterocycles. The van der Waals surface area contributed by atoms with Crippen molar-refractivity contribution in [3.05, 3.63) is 64.5 Å². The van der Waals surface area contributed by atoms with Gasteiger partial charge < -0.3 is 5.32 Å². The Kier molecular flexibility index (Phi) is 5.03. The van der Waals surface area contributed by atoms with Crippen LogP contribution in [0, 0.1) is 11.6 Å². The number of rotatable bonds is 4. The lowest BCUT2D eigenvalue weighted by Gasteiger charge is -2.14. The van der Waals surface area contributed by atoms with Crippen LogP contribution in [0.15, 0.2) is 52.4 Å². The number of anilines is 1. The average Bonchev–Trinajstić information content (AvgIpc) is 2.62. The zero-order valence-electron chi connectivity index (χ0n) is 14.0. The zero-order chi connectivity index (χ0) is 18.8. The van der Waals surface area contributed by atoms with Crippen molar-refractivity contribution >= 4 is 34.3 Å². The molecule has 1 unspecified atom stereocenters. The molecule has 1 N–H and O–H groups in total. The molecule has 1 heterocycles. The summed E-state index contributed by atoms with van der Waals surface area (Å²) in [6.45, 7) is 1.64. The minimum Gasteiger partial charge on any atom is -0.325 e. The van der Waals surface area contributed by atoms with Crippen molar-refractivity contribution in [3.8, 4) is 0 Å². The smallest absolute Gasteiger partial charge is 0.261 e. The van der Waals surface area contributed by atoms with Crippen molar-refractivity contribution in [2.45, 2.75) is 17.3 Å². The molecule has 2 aromatic carbocycles. The molecule has 134 valence electrons. The van der Waals surface area contributed by atoms with Gasteiger partial charge in [-0.2, -0.15) is 0 Å². The van der Waals surface area contributed by atoms with E-state index in [2.05, 4.69) is 10.3 Å². The van der Waals surface area contributed by atoms with Crippen LogP contribution in [0.5, 0.6) is 0 Å². The van der Waals surface area contributed by atoms with Crippen LogP contribution >= 0.6 is 11.8 Å². The molecule has 0 aliphatic heterocycles. The van der Waals surface area contributed by atoms with Crippen molar-refractivity contribution < 1.29 is 13.6 Å². The highest BCUT2D eigenvalue weighted by Crippen LogP contribution is 2.23. The van der Waals surface area contributed by atoms with E-state index in [9.17, 15) is 18.4 Å². The summed E-state index contributed by atoms with van der Waals surface area (Å²) in [4.78, 5) is 29.1. The van der Waals surface area contributed by atoms with Gasteiger partial charge in [-0.05, 0) is 31.2 Å². The Balaban J connectivity index is 1.81. The van der Waals surface area contributed by atoms with Crippen molar-refractivity contribution in [2.75, 3.05) is 5.32 Å². The van der Waals surface area contributed by atoms with Crippen LogP contribution in [0.2, 0.25) is 0 Å². The highest BCUT2D eigenvalue weighted by Gasteiger charge is 2.19. The number of hydrogen-bond acceptors (Lipinski definition) is 4. The van der Waals surface area contributed by atoms with Gasteiger partial charge in [0.15, 0.2) is 16.8 Å². The second kappa shape index (κ2) is 7.25. The summed E-state index contributed by atoms with van der Waals surface area (Å²) in [5.74, 6) is -2.44. The molecule has 8 heteroatoms. The molecule has 0 radical (unpaired) electrons. The van der Waals surface area contributed by atoms with Crippen LogP contribution < -0.4 is 10.9 Å². The third-order valence-electron chi connectivity index (χ3n) is 3.78. The number of carbonyl (C=O) groups is 1. The topological polar surface area (TPSA) is 64.0 Å². The summed E-state index contributed by atoms with van der Waals surface area (Å²) >= 11 is 1.11. The molecule has 0 fully saturated rings. The van der Waals surface area contributed by atoms with Crippen molar-refractivity contribution in [1.29, 1.82) is 0 Å². The van der Waals surface area contributed by atoms with E-state index in [0.717, 1.165) is 23.9 Å². The standard InChI is InChI=1S/C18H15F2N3O2S/c1-10(16(24)21-11-7-8-13(19)14(20)9-11)26-18-22-15-6-4-3-5-12(15)17(25)23(18)2/h3-10H,1-2H3,(H,21,24). The number of thioether (sulfide) groups is 1. The van der Waals surface area contributed by atoms with Crippen LogP contribution in [0.25, 0.3) is 10.9 Å². The first kappa shape index (κ1) is 18.1. The predicted molar refractivity (Wildman–Crippen MR) is 97.3 cm³/mol. The first-order chi connectivity index (χ1) is 12.4. The summed E-state index contributed by atoms with van der Waals surface area (Å²) in [5.41, 5.74) is 0.499. The van der Waals surface area contributed by atoms with Gasteiger partial charge in [-0.25, -0.2) is 13.8 Å². The Bertz CT molecular complexity index is 1050. The molecule has 0 spiro atoms. The Hall–Kier alpha value is -2.74. The quantitative estimate of drug-likeness (QED) is 0.561. The van der Waals surface area contributed by atoms with Crippen LogP contribution in [0.4, 0.5) is 14.5 Å². The normalized spacial score (nSPS) is 12.2. The molecule has 1 amide bonds. The van der Waals surface area contributed by atoms with Crippen LogP contribution in [0.3, 0.4) is 0 Å². The third-order valence-corrected chi connectivity index (χ3v) is 4.92. The molecule has 26 heavy (non-hydrogen) atoms. The molecule has 0 aliphatic rings. The third kappa shape index (κ3) is 3.60. The molecule has 5 nitrogen and oxygen atoms in total. The van der Waals surface area contributed by atoms with E-state index in [1.165, 1.54) is 10.6 Å². The van der Waals surface area contributed by atoms with Gasteiger partial charge in [0.25, 0.3) is 5.56 Å². The van der Waals surface area contributed by atoms with Gasteiger partial charge in [-0.3, -0.25) is 14.2 Å². The summed E-state index contributed by atoms with van der Waals surface area (Å²) in [6, 6.07) is 10.1. The second-order valence-corrected chi connectivity index (χ2v) is 6.96. The lowest BCUT2D eigenvalue weighted by Crippen LogP contribution is -2.25. The van der Waals surface area contributed by atoms with Gasteiger partial charge in [-0.1, -0.05) is 23.9 Å². The summed E-state index contributed by atoms with van der Waals surface area (Å²) in [5, 5.41) is 2.80. The largest absolute Gasteiger partial charge is 0.325 e. The van der Waals surface area contributed by atoms with E-state index >= 15 is 0 Å². The number of para-hydroxylation sites is 1. The van der Waals surface area contributed by atoms with E-state index in [4.69, 9.17) is 0 Å². The Morgan fingerprint density at radius 1 is 1.19 bits per heavy atom. The first-order valence-corrected chi connectivity index (χ1v) is 8.63. The molecule has 3 aromatic rings. The number of fused-ring (bicyclic) bond motifs is 1. The Morgan fingerprint density at radius 3 is 2.65 bits per heavy atom. The summed E-state index contributed by atoms with van der Waals surface area (Å²) in [7, 11) is 1.59. The number of aromatic nitrogens is 2. The molecule has 0 bridgehead atoms. The monoisotopic (exact) mass is 375 g/mol. The van der Waals surface area contributed by atoms with E-state index in [0.29, 0.717) is 16.1 Å². The number of hydrogen-bond donors (Lipinski definition) is 1. The minimum absolute atomic E-state index is 0.154. The van der Waals surface area contributed by atoms with Gasteiger partial charge in [0.05, 0.1) is 16.2 Å². The minimum atomic E-state index is -1.04. The van der Waals surface area contributed by atoms with E-state index in [1.54, 1.807) is 38.2 Å². The van der Waals surface area contributed by atoms with Crippen LogP contribution in [-0.2, 0) is 11.8 Å². The molecule has 0 aliphatic carbocycles. The van der Waals surface area contributed by atoms with E-state index in [1.807, 2.05) is 0 Å². The molecule has 3 rings (SSSR count).